The Morgan fingerprint density at radius 1 is 1.22 bits per heavy atom. The maximum atomic E-state index is 11.9. The van der Waals surface area contributed by atoms with Crippen LogP contribution in [0.1, 0.15) is 28.9 Å². The number of hydrogen-bond acceptors (Lipinski definition) is 3. The Kier molecular flexibility index (Phi) is 5.60. The molecule has 1 unspecified atom stereocenters. The fraction of sp³-hybridized carbons (Fsp3) is 0.176. The summed E-state index contributed by atoms with van der Waals surface area (Å²) in [7, 11) is 0. The molecule has 0 aromatic heterocycles. The van der Waals surface area contributed by atoms with Gasteiger partial charge in [0, 0.05) is 10.6 Å². The summed E-state index contributed by atoms with van der Waals surface area (Å²) in [6.45, 7) is 1.74. The Balaban J connectivity index is 1.86. The van der Waals surface area contributed by atoms with Gasteiger partial charge in [-0.05, 0) is 48.9 Å². The number of ether oxygens (including phenoxy) is 1. The molecule has 5 nitrogen and oxygen atoms in total. The quantitative estimate of drug-likeness (QED) is 0.853. The highest BCUT2D eigenvalue weighted by atomic mass is 35.5. The summed E-state index contributed by atoms with van der Waals surface area (Å²) in [6, 6.07) is 13.4. The van der Waals surface area contributed by atoms with E-state index in [0.29, 0.717) is 16.3 Å². The van der Waals surface area contributed by atoms with E-state index in [4.69, 9.17) is 22.1 Å². The first-order valence-electron chi connectivity index (χ1n) is 7.03. The Labute approximate surface area is 139 Å². The van der Waals surface area contributed by atoms with Gasteiger partial charge in [-0.15, -0.1) is 0 Å². The maximum absolute atomic E-state index is 11.9. The van der Waals surface area contributed by atoms with E-state index in [9.17, 15) is 9.59 Å². The molecule has 0 fully saturated rings. The molecule has 3 N–H and O–H groups in total. The SMILES string of the molecule is CC(NC(=O)COc1ccc(C(N)=O)cc1)c1cccc(Cl)c1. The van der Waals surface area contributed by atoms with Crippen molar-refractivity contribution < 1.29 is 14.3 Å². The third kappa shape index (κ3) is 5.00. The number of nitrogens with two attached hydrogens (primary N) is 1. The first kappa shape index (κ1) is 16.8. The molecular formula is C17H17ClN2O3. The van der Waals surface area contributed by atoms with Crippen molar-refractivity contribution in [3.63, 3.8) is 0 Å². The van der Waals surface area contributed by atoms with E-state index in [1.54, 1.807) is 36.4 Å². The summed E-state index contributed by atoms with van der Waals surface area (Å²) in [4.78, 5) is 22.9. The number of carbonyl (C=O) groups is 2. The van der Waals surface area contributed by atoms with E-state index in [2.05, 4.69) is 5.32 Å². The zero-order valence-corrected chi connectivity index (χ0v) is 13.3. The standard InChI is InChI=1S/C17H17ClN2O3/c1-11(13-3-2-4-14(18)9-13)20-16(21)10-23-15-7-5-12(6-8-15)17(19)22/h2-9,11H,10H2,1H3,(H2,19,22)(H,20,21). The van der Waals surface area contributed by atoms with Crippen molar-refractivity contribution in [3.8, 4) is 5.75 Å². The Morgan fingerprint density at radius 3 is 2.52 bits per heavy atom. The molecule has 120 valence electrons. The Morgan fingerprint density at radius 2 is 1.91 bits per heavy atom. The highest BCUT2D eigenvalue weighted by molar-refractivity contribution is 6.30. The van der Waals surface area contributed by atoms with E-state index in [-0.39, 0.29) is 18.6 Å². The lowest BCUT2D eigenvalue weighted by Gasteiger charge is -2.15. The van der Waals surface area contributed by atoms with Gasteiger partial charge in [-0.3, -0.25) is 9.59 Å². The molecule has 2 rings (SSSR count). The number of primary amides is 1. The van der Waals surface area contributed by atoms with Gasteiger partial charge < -0.3 is 15.8 Å². The summed E-state index contributed by atoms with van der Waals surface area (Å²) < 4.78 is 5.37. The molecule has 2 amide bonds. The molecule has 1 atom stereocenters. The number of halogens is 1. The molecule has 23 heavy (non-hydrogen) atoms. The van der Waals surface area contributed by atoms with Crippen LogP contribution in [-0.2, 0) is 4.79 Å². The lowest BCUT2D eigenvalue weighted by atomic mass is 10.1. The van der Waals surface area contributed by atoms with Crippen LogP contribution in [-0.4, -0.2) is 18.4 Å². The van der Waals surface area contributed by atoms with Crippen LogP contribution in [0.5, 0.6) is 5.75 Å². The van der Waals surface area contributed by atoms with Crippen molar-refractivity contribution >= 4 is 23.4 Å². The predicted molar refractivity (Wildman–Crippen MR) is 88.5 cm³/mol. The molecule has 0 radical (unpaired) electrons. The summed E-state index contributed by atoms with van der Waals surface area (Å²) in [6.07, 6.45) is 0. The van der Waals surface area contributed by atoms with Gasteiger partial charge >= 0.3 is 0 Å². The second-order valence-electron chi connectivity index (χ2n) is 5.02. The van der Waals surface area contributed by atoms with Gasteiger partial charge in [-0.25, -0.2) is 0 Å². The van der Waals surface area contributed by atoms with Gasteiger partial charge in [0.05, 0.1) is 6.04 Å². The number of carbonyl (C=O) groups excluding carboxylic acids is 2. The monoisotopic (exact) mass is 332 g/mol. The summed E-state index contributed by atoms with van der Waals surface area (Å²) in [5.41, 5.74) is 6.45. The molecule has 0 bridgehead atoms. The number of nitrogens with one attached hydrogen (secondary N) is 1. The van der Waals surface area contributed by atoms with Crippen LogP contribution in [0.25, 0.3) is 0 Å². The first-order chi connectivity index (χ1) is 11.0. The normalized spacial score (nSPS) is 11.6. The van der Waals surface area contributed by atoms with Crippen LogP contribution in [0.3, 0.4) is 0 Å². The molecule has 0 spiro atoms. The molecule has 0 heterocycles. The fourth-order valence-corrected chi connectivity index (χ4v) is 2.21. The minimum Gasteiger partial charge on any atom is -0.484 e. The largest absolute Gasteiger partial charge is 0.484 e. The lowest BCUT2D eigenvalue weighted by Crippen LogP contribution is -2.31. The van der Waals surface area contributed by atoms with Crippen molar-refractivity contribution in [3.05, 3.63) is 64.7 Å². The van der Waals surface area contributed by atoms with Crippen molar-refractivity contribution in [2.24, 2.45) is 5.73 Å². The molecule has 0 aliphatic heterocycles. The Hall–Kier alpha value is -2.53. The molecule has 2 aromatic carbocycles. The lowest BCUT2D eigenvalue weighted by molar-refractivity contribution is -0.123. The van der Waals surface area contributed by atoms with Crippen molar-refractivity contribution in [2.75, 3.05) is 6.61 Å². The van der Waals surface area contributed by atoms with Gasteiger partial charge in [0.15, 0.2) is 6.61 Å². The smallest absolute Gasteiger partial charge is 0.258 e. The van der Waals surface area contributed by atoms with Gasteiger partial charge in [-0.1, -0.05) is 23.7 Å². The summed E-state index contributed by atoms with van der Waals surface area (Å²) in [5, 5.41) is 3.45. The molecule has 0 aliphatic carbocycles. The van der Waals surface area contributed by atoms with Crippen LogP contribution in [0.15, 0.2) is 48.5 Å². The van der Waals surface area contributed by atoms with Crippen molar-refractivity contribution in [1.29, 1.82) is 0 Å². The van der Waals surface area contributed by atoms with Crippen LogP contribution in [0.2, 0.25) is 5.02 Å². The molecular weight excluding hydrogens is 316 g/mol. The predicted octanol–water partition coefficient (Wildman–Crippen LogP) is 2.70. The molecule has 2 aromatic rings. The van der Waals surface area contributed by atoms with Gasteiger partial charge in [0.1, 0.15) is 5.75 Å². The van der Waals surface area contributed by atoms with Gasteiger partial charge in [0.2, 0.25) is 5.91 Å². The van der Waals surface area contributed by atoms with Crippen LogP contribution in [0, 0.1) is 0 Å². The van der Waals surface area contributed by atoms with Crippen molar-refractivity contribution in [1.82, 2.24) is 5.32 Å². The van der Waals surface area contributed by atoms with Crippen LogP contribution >= 0.6 is 11.6 Å². The van der Waals surface area contributed by atoms with Crippen molar-refractivity contribution in [2.45, 2.75) is 13.0 Å². The van der Waals surface area contributed by atoms with Crippen LogP contribution < -0.4 is 15.8 Å². The third-order valence-corrected chi connectivity index (χ3v) is 3.47. The topological polar surface area (TPSA) is 81.4 Å². The average Bonchev–Trinajstić information content (AvgIpc) is 2.53. The van der Waals surface area contributed by atoms with E-state index in [1.165, 1.54) is 0 Å². The van der Waals surface area contributed by atoms with Gasteiger partial charge in [-0.2, -0.15) is 0 Å². The second-order valence-corrected chi connectivity index (χ2v) is 5.46. The van der Waals surface area contributed by atoms with E-state index >= 15 is 0 Å². The Bertz CT molecular complexity index is 701. The van der Waals surface area contributed by atoms with E-state index in [0.717, 1.165) is 5.56 Å². The minimum absolute atomic E-state index is 0.124. The van der Waals surface area contributed by atoms with Gasteiger partial charge in [0.25, 0.3) is 5.91 Å². The number of hydrogen-bond donors (Lipinski definition) is 2. The van der Waals surface area contributed by atoms with Crippen LogP contribution in [0.4, 0.5) is 0 Å². The molecule has 0 saturated carbocycles. The summed E-state index contributed by atoms with van der Waals surface area (Å²) in [5.74, 6) is -0.276. The zero-order valence-electron chi connectivity index (χ0n) is 12.6. The summed E-state index contributed by atoms with van der Waals surface area (Å²) >= 11 is 5.93. The number of rotatable bonds is 6. The van der Waals surface area contributed by atoms with E-state index < -0.39 is 5.91 Å². The first-order valence-corrected chi connectivity index (χ1v) is 7.41. The fourth-order valence-electron chi connectivity index (χ4n) is 2.01. The molecule has 0 aliphatic rings. The number of benzene rings is 2. The molecule has 0 saturated heterocycles. The molecule has 6 heteroatoms. The zero-order chi connectivity index (χ0) is 16.8. The minimum atomic E-state index is -0.510. The van der Waals surface area contributed by atoms with E-state index in [1.807, 2.05) is 19.1 Å². The highest BCUT2D eigenvalue weighted by Crippen LogP contribution is 2.17. The second kappa shape index (κ2) is 7.65. The average molecular weight is 333 g/mol. The highest BCUT2D eigenvalue weighted by Gasteiger charge is 2.10. The maximum Gasteiger partial charge on any atom is 0.258 e. The number of amides is 2. The third-order valence-electron chi connectivity index (χ3n) is 3.23.